The topological polar surface area (TPSA) is 231 Å². The lowest BCUT2D eigenvalue weighted by Crippen LogP contribution is -2.30. The number of rotatable bonds is 71. The van der Waals surface area contributed by atoms with Crippen LogP contribution in [0, 0.1) is 0 Å². The van der Waals surface area contributed by atoms with Gasteiger partial charge in [0.15, 0.2) is 6.10 Å². The highest BCUT2D eigenvalue weighted by Gasteiger charge is 2.29. The highest BCUT2D eigenvalue weighted by Crippen LogP contribution is 2.45. The van der Waals surface area contributed by atoms with Crippen molar-refractivity contribution in [3.63, 3.8) is 0 Å². The first-order valence-corrected chi connectivity index (χ1v) is 41.4. The molecule has 4 N–H and O–H groups in total. The molecule has 0 bridgehead atoms. The minimum absolute atomic E-state index is 0.0789. The molecule has 101 heavy (non-hydrogen) atoms. The minimum Gasteiger partial charge on any atom is -0.463 e. The summed E-state index contributed by atoms with van der Waals surface area (Å²) >= 11 is 0. The Morgan fingerprint density at radius 1 is 0.287 bits per heavy atom. The van der Waals surface area contributed by atoms with Gasteiger partial charge in [0.1, 0.15) is 25.4 Å². The molecule has 0 aliphatic rings. The third kappa shape index (κ3) is 75.9. The van der Waals surface area contributed by atoms with Crippen LogP contribution in [0.15, 0.2) is 170 Å². The van der Waals surface area contributed by atoms with Gasteiger partial charge in [-0.3, -0.25) is 32.5 Å². The first kappa shape index (κ1) is 95.9. The van der Waals surface area contributed by atoms with Crippen LogP contribution in [-0.2, 0) is 55.8 Å². The number of allylic oxidation sites excluding steroid dienone is 28. The summed E-state index contributed by atoms with van der Waals surface area (Å²) in [5, 5.41) is 20.6. The van der Waals surface area contributed by atoms with Crippen molar-refractivity contribution in [3.05, 3.63) is 170 Å². The summed E-state index contributed by atoms with van der Waals surface area (Å²) in [6, 6.07) is 0. The van der Waals surface area contributed by atoms with Gasteiger partial charge in [0.25, 0.3) is 0 Å². The number of hydrogen-bond donors (Lipinski definition) is 4. The summed E-state index contributed by atoms with van der Waals surface area (Å²) < 4.78 is 61.1. The molecule has 5 atom stereocenters. The van der Waals surface area contributed by atoms with Gasteiger partial charge in [0, 0.05) is 19.3 Å². The zero-order valence-corrected chi connectivity index (χ0v) is 64.3. The van der Waals surface area contributed by atoms with Crippen LogP contribution in [0.3, 0.4) is 0 Å². The number of phosphoric acid groups is 2. The molecule has 0 aliphatic carbocycles. The Kier molecular flexibility index (Phi) is 70.9. The maximum absolute atomic E-state index is 13.0. The Labute approximate surface area is 612 Å². The van der Waals surface area contributed by atoms with Crippen LogP contribution in [0.1, 0.15) is 278 Å². The molecule has 0 rings (SSSR count). The van der Waals surface area contributed by atoms with Crippen molar-refractivity contribution in [3.8, 4) is 0 Å². The quantitative estimate of drug-likeness (QED) is 0.0146. The van der Waals surface area contributed by atoms with Gasteiger partial charge in [-0.15, -0.1) is 0 Å². The standard InChI is InChI=1S/C83H136O16P2/c1-4-7-10-13-16-19-22-25-28-31-34-36-37-38-39-41-44-45-48-51-54-57-60-63-66-69-81(86)93-72-78(84)73-95-100(89,90)96-74-79(85)75-97-101(91,92)98-77-80(99-83(88)71-68-65-62-59-56-53-50-47-42-33-30-27-24-21-18-15-12-9-6-3)76-94-82(87)70-67-64-61-58-55-52-49-46-43-40-35-32-29-26-23-20-17-14-11-8-5-2/h7-8,10-11,16-21,25-30,34-36,38-40,42,44-47,49,78-80,84-85H,4-6,9,12-15,22-24,31-33,37,41,43,48,50-77H2,1-3H3,(H,89,90)(H,91,92)/b10-7-,11-8-,19-16-,20-17-,21-18-,28-25-,29-26-,30-27-,36-34-,39-38-,40-35-,45-44-,47-42-,49-46-. The Morgan fingerprint density at radius 2 is 0.525 bits per heavy atom. The summed E-state index contributed by atoms with van der Waals surface area (Å²) in [5.41, 5.74) is 0. The van der Waals surface area contributed by atoms with Crippen LogP contribution in [0.4, 0.5) is 0 Å². The van der Waals surface area contributed by atoms with Crippen molar-refractivity contribution in [2.75, 3.05) is 39.6 Å². The molecule has 16 nitrogen and oxygen atoms in total. The highest BCUT2D eigenvalue weighted by molar-refractivity contribution is 7.47. The van der Waals surface area contributed by atoms with Gasteiger partial charge in [0.2, 0.25) is 0 Å². The third-order valence-corrected chi connectivity index (χ3v) is 17.3. The van der Waals surface area contributed by atoms with Gasteiger partial charge >= 0.3 is 33.6 Å². The Bertz CT molecular complexity index is 2520. The Hall–Kier alpha value is -5.09. The summed E-state index contributed by atoms with van der Waals surface area (Å²) in [4.78, 5) is 58.7. The lowest BCUT2D eigenvalue weighted by molar-refractivity contribution is -0.161. The Balaban J connectivity index is 4.72. The molecule has 0 saturated carbocycles. The number of aliphatic hydroxyl groups is 2. The smallest absolute Gasteiger partial charge is 0.463 e. The molecule has 5 unspecified atom stereocenters. The summed E-state index contributed by atoms with van der Waals surface area (Å²) in [5.74, 6) is -1.63. The fraction of sp³-hybridized carbons (Fsp3) is 0.627. The number of unbranched alkanes of at least 4 members (excludes halogenated alkanes) is 20. The van der Waals surface area contributed by atoms with Gasteiger partial charge in [-0.2, -0.15) is 0 Å². The predicted octanol–water partition coefficient (Wildman–Crippen LogP) is 22.4. The van der Waals surface area contributed by atoms with Crippen molar-refractivity contribution < 1.29 is 75.8 Å². The van der Waals surface area contributed by atoms with E-state index in [1.807, 2.05) is 0 Å². The summed E-state index contributed by atoms with van der Waals surface area (Å²) in [6.45, 7) is 2.35. The molecule has 0 aromatic rings. The van der Waals surface area contributed by atoms with E-state index in [4.69, 9.17) is 32.3 Å². The van der Waals surface area contributed by atoms with Crippen LogP contribution < -0.4 is 0 Å². The van der Waals surface area contributed by atoms with Gasteiger partial charge in [-0.05, 0) is 154 Å². The van der Waals surface area contributed by atoms with Crippen molar-refractivity contribution in [1.29, 1.82) is 0 Å². The van der Waals surface area contributed by atoms with E-state index >= 15 is 0 Å². The van der Waals surface area contributed by atoms with Gasteiger partial charge in [0.05, 0.1) is 26.4 Å². The van der Waals surface area contributed by atoms with Gasteiger partial charge < -0.3 is 34.2 Å². The third-order valence-electron chi connectivity index (χ3n) is 15.4. The largest absolute Gasteiger partial charge is 0.472 e. The molecule has 0 heterocycles. The zero-order valence-electron chi connectivity index (χ0n) is 62.5. The van der Waals surface area contributed by atoms with Crippen LogP contribution in [-0.4, -0.2) is 95.9 Å². The first-order chi connectivity index (χ1) is 49.2. The molecule has 0 spiro atoms. The van der Waals surface area contributed by atoms with E-state index in [1.54, 1.807) is 0 Å². The normalized spacial score (nSPS) is 15.0. The molecule has 0 aromatic heterocycles. The van der Waals surface area contributed by atoms with E-state index in [1.165, 1.54) is 19.3 Å². The van der Waals surface area contributed by atoms with E-state index in [9.17, 15) is 43.5 Å². The second-order valence-corrected chi connectivity index (χ2v) is 27.9. The molecule has 574 valence electrons. The molecule has 0 fully saturated rings. The molecular weight excluding hydrogens is 1310 g/mol. The number of hydrogen-bond acceptors (Lipinski definition) is 14. The van der Waals surface area contributed by atoms with Crippen LogP contribution in [0.25, 0.3) is 0 Å². The molecule has 0 aromatic carbocycles. The SMILES string of the molecule is CC/C=C\C/C=C\C/C=C\C/C=C\C/C=C\C/C=C\CCCCCCCCC(=O)OCC(O)COP(=O)(O)OCC(O)COP(=O)(O)OCC(COC(=O)CCCCCCC/C=C\C/C=C\C/C=C\C/C=C\C/C=C\CC)OC(=O)CCCCCCCC/C=C\C/C=C\C/C=C\CCCCC. The van der Waals surface area contributed by atoms with Crippen LogP contribution in [0.2, 0.25) is 0 Å². The van der Waals surface area contributed by atoms with Crippen LogP contribution in [0.5, 0.6) is 0 Å². The fourth-order valence-electron chi connectivity index (χ4n) is 9.61. The second-order valence-electron chi connectivity index (χ2n) is 25.0. The Morgan fingerprint density at radius 3 is 0.832 bits per heavy atom. The number of phosphoric ester groups is 2. The van der Waals surface area contributed by atoms with Crippen molar-refractivity contribution >= 4 is 33.6 Å². The van der Waals surface area contributed by atoms with Crippen LogP contribution >= 0.6 is 15.6 Å². The lowest BCUT2D eigenvalue weighted by Gasteiger charge is -2.21. The maximum atomic E-state index is 13.0. The highest BCUT2D eigenvalue weighted by atomic mass is 31.2. The zero-order chi connectivity index (χ0) is 73.7. The number of carbonyl (C=O) groups excluding carboxylic acids is 3. The lowest BCUT2D eigenvalue weighted by atomic mass is 10.1. The monoisotopic (exact) mass is 1450 g/mol. The average molecular weight is 1450 g/mol. The molecule has 0 radical (unpaired) electrons. The fourth-order valence-corrected chi connectivity index (χ4v) is 11.2. The average Bonchev–Trinajstić information content (AvgIpc) is 0.990. The summed E-state index contributed by atoms with van der Waals surface area (Å²) in [6.07, 6.45) is 93.8. The van der Waals surface area contributed by atoms with E-state index in [0.29, 0.717) is 19.3 Å². The first-order valence-electron chi connectivity index (χ1n) is 38.4. The van der Waals surface area contributed by atoms with Crippen molar-refractivity contribution in [2.45, 2.75) is 296 Å². The molecule has 0 aliphatic heterocycles. The van der Waals surface area contributed by atoms with Crippen molar-refractivity contribution in [2.24, 2.45) is 0 Å². The number of ether oxygens (including phenoxy) is 3. The molecular formula is C83H136O16P2. The number of aliphatic hydroxyl groups excluding tert-OH is 2. The second kappa shape index (κ2) is 74.6. The summed E-state index contributed by atoms with van der Waals surface area (Å²) in [7, 11) is -9.82. The van der Waals surface area contributed by atoms with Crippen molar-refractivity contribution in [1.82, 2.24) is 0 Å². The van der Waals surface area contributed by atoms with Gasteiger partial charge in [-0.1, -0.05) is 274 Å². The predicted molar refractivity (Wildman–Crippen MR) is 417 cm³/mol. The van der Waals surface area contributed by atoms with E-state index < -0.39 is 91.5 Å². The van der Waals surface area contributed by atoms with Gasteiger partial charge in [-0.25, -0.2) is 9.13 Å². The number of carbonyl (C=O) groups is 3. The molecule has 0 amide bonds. The maximum Gasteiger partial charge on any atom is 0.472 e. The molecule has 18 heteroatoms. The minimum atomic E-state index is -4.95. The molecule has 0 saturated heterocycles. The number of esters is 3. The van der Waals surface area contributed by atoms with E-state index in [0.717, 1.165) is 199 Å². The van der Waals surface area contributed by atoms with E-state index in [-0.39, 0.29) is 19.3 Å². The van der Waals surface area contributed by atoms with E-state index in [2.05, 4.69) is 191 Å².